The van der Waals surface area contributed by atoms with E-state index in [9.17, 15) is 22.8 Å². The van der Waals surface area contributed by atoms with Gasteiger partial charge in [-0.25, -0.2) is 0 Å². The molecule has 3 aromatic rings. The molecule has 9 heteroatoms. The van der Waals surface area contributed by atoms with Gasteiger partial charge in [0.2, 0.25) is 5.76 Å². The standard InChI is InChI=1S/C20H16F3N3O3/c1-12-2-4-13(5-3-12)16-10-17(29-26-16)19(28)25-15-8-6-14(7-9-15)18(27)24-11-20(21,22)23/h2-10H,11H2,1H3,(H,24,27)(H,25,28). The van der Waals surface area contributed by atoms with E-state index in [0.717, 1.165) is 11.1 Å². The van der Waals surface area contributed by atoms with E-state index in [1.165, 1.54) is 30.3 Å². The Morgan fingerprint density at radius 1 is 1.00 bits per heavy atom. The highest BCUT2D eigenvalue weighted by molar-refractivity contribution is 6.03. The summed E-state index contributed by atoms with van der Waals surface area (Å²) < 4.78 is 41.5. The molecular formula is C20H16F3N3O3. The fourth-order valence-corrected chi connectivity index (χ4v) is 2.42. The molecule has 0 aliphatic rings. The van der Waals surface area contributed by atoms with Crippen LogP contribution in [0.1, 0.15) is 26.5 Å². The zero-order valence-corrected chi connectivity index (χ0v) is 15.2. The molecule has 0 saturated heterocycles. The Balaban J connectivity index is 1.62. The maximum Gasteiger partial charge on any atom is 0.405 e. The first-order chi connectivity index (χ1) is 13.7. The molecule has 1 heterocycles. The van der Waals surface area contributed by atoms with Crippen molar-refractivity contribution in [2.45, 2.75) is 13.1 Å². The van der Waals surface area contributed by atoms with Crippen molar-refractivity contribution in [3.05, 3.63) is 71.5 Å². The van der Waals surface area contributed by atoms with Gasteiger partial charge in [0, 0.05) is 22.9 Å². The molecule has 2 N–H and O–H groups in total. The zero-order chi connectivity index (χ0) is 21.0. The number of nitrogens with one attached hydrogen (secondary N) is 2. The normalized spacial score (nSPS) is 11.2. The summed E-state index contributed by atoms with van der Waals surface area (Å²) in [6.07, 6.45) is -4.49. The van der Waals surface area contributed by atoms with Crippen molar-refractivity contribution in [2.24, 2.45) is 0 Å². The predicted molar refractivity (Wildman–Crippen MR) is 99.5 cm³/mol. The van der Waals surface area contributed by atoms with Crippen LogP contribution in [0.25, 0.3) is 11.3 Å². The van der Waals surface area contributed by atoms with Crippen LogP contribution >= 0.6 is 0 Å². The molecule has 0 unspecified atom stereocenters. The van der Waals surface area contributed by atoms with Gasteiger partial charge in [-0.05, 0) is 31.2 Å². The lowest BCUT2D eigenvalue weighted by Crippen LogP contribution is -2.33. The third-order valence-corrected chi connectivity index (χ3v) is 3.94. The average molecular weight is 403 g/mol. The summed E-state index contributed by atoms with van der Waals surface area (Å²) in [7, 11) is 0. The minimum absolute atomic E-state index is 0.00688. The molecule has 0 saturated carbocycles. The maximum atomic E-state index is 12.3. The number of aryl methyl sites for hydroxylation is 1. The molecule has 0 atom stereocenters. The van der Waals surface area contributed by atoms with E-state index in [1.54, 1.807) is 5.32 Å². The molecule has 1 aromatic heterocycles. The fraction of sp³-hybridized carbons (Fsp3) is 0.150. The SMILES string of the molecule is Cc1ccc(-c2cc(C(=O)Nc3ccc(C(=O)NCC(F)(F)F)cc3)on2)cc1. The summed E-state index contributed by atoms with van der Waals surface area (Å²) in [5.74, 6) is -1.42. The lowest BCUT2D eigenvalue weighted by atomic mass is 10.1. The number of hydrogen-bond acceptors (Lipinski definition) is 4. The lowest BCUT2D eigenvalue weighted by Gasteiger charge is -2.09. The van der Waals surface area contributed by atoms with Crippen LogP contribution in [-0.2, 0) is 0 Å². The number of amides is 2. The molecule has 0 aliphatic heterocycles. The van der Waals surface area contributed by atoms with E-state index in [1.807, 2.05) is 31.2 Å². The van der Waals surface area contributed by atoms with Crippen molar-refractivity contribution in [3.63, 3.8) is 0 Å². The van der Waals surface area contributed by atoms with Crippen LogP contribution in [0.4, 0.5) is 18.9 Å². The van der Waals surface area contributed by atoms with E-state index < -0.39 is 24.5 Å². The van der Waals surface area contributed by atoms with Crippen molar-refractivity contribution >= 4 is 17.5 Å². The molecule has 3 rings (SSSR count). The lowest BCUT2D eigenvalue weighted by molar-refractivity contribution is -0.123. The Morgan fingerprint density at radius 2 is 1.66 bits per heavy atom. The number of alkyl halides is 3. The van der Waals surface area contributed by atoms with Crippen LogP contribution in [0, 0.1) is 6.92 Å². The highest BCUT2D eigenvalue weighted by atomic mass is 19.4. The highest BCUT2D eigenvalue weighted by Gasteiger charge is 2.27. The number of anilines is 1. The number of rotatable bonds is 5. The smallest absolute Gasteiger partial charge is 0.350 e. The zero-order valence-electron chi connectivity index (χ0n) is 15.2. The highest BCUT2D eigenvalue weighted by Crippen LogP contribution is 2.20. The second kappa shape index (κ2) is 8.17. The van der Waals surface area contributed by atoms with E-state index in [4.69, 9.17) is 4.52 Å². The van der Waals surface area contributed by atoms with E-state index >= 15 is 0 Å². The Morgan fingerprint density at radius 3 is 2.28 bits per heavy atom. The van der Waals surface area contributed by atoms with Crippen molar-refractivity contribution in [1.29, 1.82) is 0 Å². The molecule has 0 radical (unpaired) electrons. The average Bonchev–Trinajstić information content (AvgIpc) is 3.17. The van der Waals surface area contributed by atoms with Gasteiger partial charge in [0.15, 0.2) is 0 Å². The van der Waals surface area contributed by atoms with Gasteiger partial charge >= 0.3 is 6.18 Å². The molecular weight excluding hydrogens is 387 g/mol. The third kappa shape index (κ3) is 5.44. The molecule has 6 nitrogen and oxygen atoms in total. The topological polar surface area (TPSA) is 84.2 Å². The number of nitrogens with zero attached hydrogens (tertiary/aromatic N) is 1. The van der Waals surface area contributed by atoms with Crippen molar-refractivity contribution in [2.75, 3.05) is 11.9 Å². The monoisotopic (exact) mass is 403 g/mol. The minimum atomic E-state index is -4.49. The van der Waals surface area contributed by atoms with E-state index in [-0.39, 0.29) is 11.3 Å². The molecule has 29 heavy (non-hydrogen) atoms. The molecule has 0 fully saturated rings. The number of halogens is 3. The molecule has 150 valence electrons. The van der Waals surface area contributed by atoms with Crippen molar-refractivity contribution in [3.8, 4) is 11.3 Å². The third-order valence-electron chi connectivity index (χ3n) is 3.94. The van der Waals surface area contributed by atoms with Gasteiger partial charge in [-0.2, -0.15) is 13.2 Å². The van der Waals surface area contributed by atoms with Crippen LogP contribution < -0.4 is 10.6 Å². The number of carbonyl (C=O) groups is 2. The van der Waals surface area contributed by atoms with Gasteiger partial charge in [-0.15, -0.1) is 0 Å². The molecule has 0 bridgehead atoms. The second-order valence-corrected chi connectivity index (χ2v) is 6.27. The van der Waals surface area contributed by atoms with Gasteiger partial charge in [0.05, 0.1) is 0 Å². The summed E-state index contributed by atoms with van der Waals surface area (Å²) >= 11 is 0. The Bertz CT molecular complexity index is 1010. The molecule has 2 amide bonds. The molecule has 2 aromatic carbocycles. The molecule has 0 aliphatic carbocycles. The second-order valence-electron chi connectivity index (χ2n) is 6.27. The number of carbonyl (C=O) groups excluding carboxylic acids is 2. The van der Waals surface area contributed by atoms with Crippen molar-refractivity contribution < 1.29 is 27.3 Å². The summed E-state index contributed by atoms with van der Waals surface area (Å²) in [6.45, 7) is 0.538. The summed E-state index contributed by atoms with van der Waals surface area (Å²) in [4.78, 5) is 24.0. The Hall–Kier alpha value is -3.62. The maximum absolute atomic E-state index is 12.3. The number of hydrogen-bond donors (Lipinski definition) is 2. The van der Waals surface area contributed by atoms with Gasteiger partial charge in [-0.3, -0.25) is 9.59 Å². The summed E-state index contributed by atoms with van der Waals surface area (Å²) in [5.41, 5.74) is 2.77. The van der Waals surface area contributed by atoms with Crippen LogP contribution in [0.3, 0.4) is 0 Å². The molecule has 0 spiro atoms. The number of aromatic nitrogens is 1. The Labute approximate surface area is 163 Å². The van der Waals surface area contributed by atoms with Gasteiger partial charge in [0.25, 0.3) is 11.8 Å². The quantitative estimate of drug-likeness (QED) is 0.669. The van der Waals surface area contributed by atoms with Crippen LogP contribution in [0.15, 0.2) is 59.1 Å². The van der Waals surface area contributed by atoms with Crippen LogP contribution in [-0.4, -0.2) is 29.7 Å². The predicted octanol–water partition coefficient (Wildman–Crippen LogP) is 4.19. The van der Waals surface area contributed by atoms with Gasteiger partial charge in [-0.1, -0.05) is 35.0 Å². The fourth-order valence-electron chi connectivity index (χ4n) is 2.42. The van der Waals surface area contributed by atoms with E-state index in [2.05, 4.69) is 10.5 Å². The summed E-state index contributed by atoms with van der Waals surface area (Å²) in [6, 6.07) is 14.5. The first-order valence-corrected chi connectivity index (χ1v) is 8.51. The number of benzene rings is 2. The Kier molecular flexibility index (Phi) is 5.67. The largest absolute Gasteiger partial charge is 0.405 e. The first kappa shape index (κ1) is 20.1. The van der Waals surface area contributed by atoms with Crippen LogP contribution in [0.5, 0.6) is 0 Å². The van der Waals surface area contributed by atoms with Gasteiger partial charge < -0.3 is 15.2 Å². The minimum Gasteiger partial charge on any atom is -0.350 e. The van der Waals surface area contributed by atoms with Gasteiger partial charge in [0.1, 0.15) is 12.2 Å². The van der Waals surface area contributed by atoms with Crippen LogP contribution in [0.2, 0.25) is 0 Å². The first-order valence-electron chi connectivity index (χ1n) is 8.51. The summed E-state index contributed by atoms with van der Waals surface area (Å²) in [5, 5.41) is 8.22. The van der Waals surface area contributed by atoms with E-state index in [0.29, 0.717) is 11.4 Å². The van der Waals surface area contributed by atoms with Crippen molar-refractivity contribution in [1.82, 2.24) is 10.5 Å².